The summed E-state index contributed by atoms with van der Waals surface area (Å²) in [6.45, 7) is 0.867. The standard InChI is InChI=1S/C31H28N2O7/c1-16(31(37)40-15-24(34)32-22-13-12-17(38-2)14-23(22)39-3)33-29(35)27-25-18-8-4-5-9-19(18)26(28(27)30(33)36)21-11-7-6-10-20(21)25/h4-14,16,25-28H,15H2,1-3H3,(H,32,34)/t16-,25?,26?,27+,28+/m0/s1. The number of nitrogens with zero attached hydrogens (tertiary/aromatic N) is 1. The van der Waals surface area contributed by atoms with Crippen molar-refractivity contribution in [2.75, 3.05) is 26.1 Å². The normalized spacial score (nSPS) is 22.6. The fourth-order valence-electron chi connectivity index (χ4n) is 6.53. The fourth-order valence-corrected chi connectivity index (χ4v) is 6.53. The van der Waals surface area contributed by atoms with E-state index in [-0.39, 0.29) is 23.7 Å². The van der Waals surface area contributed by atoms with Crippen LogP contribution >= 0.6 is 0 Å². The summed E-state index contributed by atoms with van der Waals surface area (Å²) in [6.07, 6.45) is 0. The third-order valence-corrected chi connectivity index (χ3v) is 8.24. The molecule has 1 N–H and O–H groups in total. The molecule has 3 amide bonds. The average Bonchev–Trinajstić information content (AvgIpc) is 3.25. The van der Waals surface area contributed by atoms with Gasteiger partial charge in [0.05, 0.1) is 31.7 Å². The van der Waals surface area contributed by atoms with Gasteiger partial charge in [0, 0.05) is 17.9 Å². The summed E-state index contributed by atoms with van der Waals surface area (Å²) in [5.74, 6) is -2.99. The predicted molar refractivity (Wildman–Crippen MR) is 144 cm³/mol. The predicted octanol–water partition coefficient (Wildman–Crippen LogP) is 3.47. The van der Waals surface area contributed by atoms with Crippen LogP contribution in [0, 0.1) is 11.8 Å². The van der Waals surface area contributed by atoms with Gasteiger partial charge >= 0.3 is 5.97 Å². The summed E-state index contributed by atoms with van der Waals surface area (Å²) in [5, 5.41) is 2.63. The summed E-state index contributed by atoms with van der Waals surface area (Å²) in [4.78, 5) is 54.2. The Morgan fingerprint density at radius 2 is 1.35 bits per heavy atom. The smallest absolute Gasteiger partial charge is 0.329 e. The van der Waals surface area contributed by atoms with Gasteiger partial charge in [-0.1, -0.05) is 48.5 Å². The van der Waals surface area contributed by atoms with E-state index < -0.39 is 36.4 Å². The van der Waals surface area contributed by atoms with E-state index in [0.717, 1.165) is 27.2 Å². The summed E-state index contributed by atoms with van der Waals surface area (Å²) in [6, 6.07) is 19.6. The molecule has 0 radical (unpaired) electrons. The molecule has 3 aliphatic carbocycles. The Kier molecular flexibility index (Phi) is 6.29. The number of hydrogen-bond acceptors (Lipinski definition) is 7. The average molecular weight is 541 g/mol. The molecule has 1 heterocycles. The Labute approximate surface area is 231 Å². The minimum Gasteiger partial charge on any atom is -0.497 e. The molecule has 0 unspecified atom stereocenters. The number of esters is 1. The highest BCUT2D eigenvalue weighted by molar-refractivity contribution is 6.10. The summed E-state index contributed by atoms with van der Waals surface area (Å²) >= 11 is 0. The number of carbonyl (C=O) groups excluding carboxylic acids is 4. The zero-order valence-electron chi connectivity index (χ0n) is 22.2. The van der Waals surface area contributed by atoms with Crippen LogP contribution < -0.4 is 14.8 Å². The molecule has 3 aromatic rings. The molecule has 204 valence electrons. The van der Waals surface area contributed by atoms with E-state index in [1.165, 1.54) is 21.1 Å². The van der Waals surface area contributed by atoms with Crippen molar-refractivity contribution in [3.05, 3.63) is 89.0 Å². The molecule has 1 fully saturated rings. The van der Waals surface area contributed by atoms with Gasteiger partial charge in [-0.05, 0) is 41.3 Å². The van der Waals surface area contributed by atoms with Gasteiger partial charge in [0.1, 0.15) is 17.5 Å². The molecular formula is C31H28N2O7. The number of imide groups is 1. The minimum atomic E-state index is -1.18. The van der Waals surface area contributed by atoms with Crippen LogP contribution in [-0.4, -0.2) is 55.5 Å². The number of amides is 3. The van der Waals surface area contributed by atoms with Crippen LogP contribution in [-0.2, 0) is 23.9 Å². The van der Waals surface area contributed by atoms with E-state index in [2.05, 4.69) is 5.32 Å². The highest BCUT2D eigenvalue weighted by atomic mass is 16.5. The van der Waals surface area contributed by atoms with Gasteiger partial charge < -0.3 is 19.5 Å². The second kappa shape index (κ2) is 9.82. The van der Waals surface area contributed by atoms with Crippen LogP contribution in [0.4, 0.5) is 5.69 Å². The number of nitrogens with one attached hydrogen (secondary N) is 1. The highest BCUT2D eigenvalue weighted by Crippen LogP contribution is 2.61. The maximum absolute atomic E-state index is 13.8. The van der Waals surface area contributed by atoms with E-state index in [0.29, 0.717) is 17.2 Å². The first-order valence-corrected chi connectivity index (χ1v) is 13.1. The molecule has 3 aromatic carbocycles. The number of ether oxygens (including phenoxy) is 3. The zero-order valence-corrected chi connectivity index (χ0v) is 22.2. The first-order valence-electron chi connectivity index (χ1n) is 13.1. The van der Waals surface area contributed by atoms with Gasteiger partial charge in [-0.15, -0.1) is 0 Å². The Morgan fingerprint density at radius 3 is 1.82 bits per heavy atom. The van der Waals surface area contributed by atoms with Gasteiger partial charge in [0.2, 0.25) is 11.8 Å². The van der Waals surface area contributed by atoms with Crippen molar-refractivity contribution in [2.45, 2.75) is 24.8 Å². The Hall–Kier alpha value is -4.66. The van der Waals surface area contributed by atoms with Gasteiger partial charge in [-0.2, -0.15) is 0 Å². The van der Waals surface area contributed by atoms with Crippen molar-refractivity contribution in [1.82, 2.24) is 4.90 Å². The van der Waals surface area contributed by atoms with Crippen molar-refractivity contribution in [3.63, 3.8) is 0 Å². The van der Waals surface area contributed by atoms with Gasteiger partial charge in [0.15, 0.2) is 6.61 Å². The van der Waals surface area contributed by atoms with Crippen LogP contribution in [0.25, 0.3) is 0 Å². The van der Waals surface area contributed by atoms with Crippen LogP contribution in [0.1, 0.15) is 41.0 Å². The molecule has 3 atom stereocenters. The number of hydrogen-bond donors (Lipinski definition) is 1. The van der Waals surface area contributed by atoms with Gasteiger partial charge in [-0.25, -0.2) is 4.79 Å². The van der Waals surface area contributed by atoms with Crippen LogP contribution in [0.15, 0.2) is 66.7 Å². The third-order valence-electron chi connectivity index (χ3n) is 8.24. The number of anilines is 1. The number of carbonyl (C=O) groups is 4. The molecule has 1 aliphatic heterocycles. The lowest BCUT2D eigenvalue weighted by Crippen LogP contribution is -2.45. The van der Waals surface area contributed by atoms with Crippen LogP contribution in [0.5, 0.6) is 11.5 Å². The Morgan fingerprint density at radius 1 is 0.825 bits per heavy atom. The van der Waals surface area contributed by atoms with E-state index in [9.17, 15) is 19.2 Å². The van der Waals surface area contributed by atoms with E-state index in [4.69, 9.17) is 14.2 Å². The van der Waals surface area contributed by atoms with Gasteiger partial charge in [-0.3, -0.25) is 19.3 Å². The number of rotatable bonds is 7. The Bertz CT molecular complexity index is 1430. The minimum absolute atomic E-state index is 0.266. The Balaban J connectivity index is 1.19. The largest absolute Gasteiger partial charge is 0.497 e. The van der Waals surface area contributed by atoms with Crippen molar-refractivity contribution in [1.29, 1.82) is 0 Å². The molecular weight excluding hydrogens is 512 g/mol. The molecule has 0 spiro atoms. The molecule has 0 saturated carbocycles. The van der Waals surface area contributed by atoms with Crippen molar-refractivity contribution in [2.24, 2.45) is 11.8 Å². The molecule has 2 bridgehead atoms. The van der Waals surface area contributed by atoms with E-state index in [1.54, 1.807) is 18.2 Å². The van der Waals surface area contributed by atoms with E-state index >= 15 is 0 Å². The molecule has 9 heteroatoms. The SMILES string of the molecule is COc1ccc(NC(=O)COC(=O)[C@H](C)N2C(=O)[C@@H]3C4c5ccccc5C(c5ccccc54)[C@H]3C2=O)c(OC)c1. The van der Waals surface area contributed by atoms with E-state index in [1.807, 2.05) is 48.5 Å². The third kappa shape index (κ3) is 3.84. The van der Waals surface area contributed by atoms with Crippen LogP contribution in [0.2, 0.25) is 0 Å². The number of likely N-dealkylation sites (tertiary alicyclic amines) is 1. The molecule has 0 aromatic heterocycles. The fraction of sp³-hybridized carbons (Fsp3) is 0.290. The quantitative estimate of drug-likeness (QED) is 0.361. The first kappa shape index (κ1) is 25.6. The highest BCUT2D eigenvalue weighted by Gasteiger charge is 2.62. The van der Waals surface area contributed by atoms with Crippen molar-refractivity contribution in [3.8, 4) is 11.5 Å². The van der Waals surface area contributed by atoms with Crippen LogP contribution in [0.3, 0.4) is 0 Å². The van der Waals surface area contributed by atoms with Crippen molar-refractivity contribution < 1.29 is 33.4 Å². The molecule has 9 nitrogen and oxygen atoms in total. The van der Waals surface area contributed by atoms with Crippen molar-refractivity contribution >= 4 is 29.4 Å². The van der Waals surface area contributed by atoms with Gasteiger partial charge in [0.25, 0.3) is 5.91 Å². The lowest BCUT2D eigenvalue weighted by atomic mass is 9.55. The monoisotopic (exact) mass is 540 g/mol. The first-order chi connectivity index (χ1) is 19.3. The molecule has 40 heavy (non-hydrogen) atoms. The lowest BCUT2D eigenvalue weighted by molar-refractivity contribution is -0.159. The second-order valence-electron chi connectivity index (χ2n) is 10.2. The summed E-state index contributed by atoms with van der Waals surface area (Å²) < 4.78 is 15.7. The number of methoxy groups -OCH3 is 2. The maximum Gasteiger partial charge on any atom is 0.329 e. The lowest BCUT2D eigenvalue weighted by Gasteiger charge is -2.45. The molecule has 4 aliphatic rings. The maximum atomic E-state index is 13.8. The summed E-state index contributed by atoms with van der Waals surface area (Å²) in [7, 11) is 2.97. The molecule has 7 rings (SSSR count). The topological polar surface area (TPSA) is 111 Å². The zero-order chi connectivity index (χ0) is 28.1. The molecule has 1 saturated heterocycles. The number of benzene rings is 3. The second-order valence-corrected chi connectivity index (χ2v) is 10.2. The summed E-state index contributed by atoms with van der Waals surface area (Å²) in [5.41, 5.74) is 4.58.